The van der Waals surface area contributed by atoms with E-state index >= 15 is 0 Å². The highest BCUT2D eigenvalue weighted by atomic mass is 32.1. The summed E-state index contributed by atoms with van der Waals surface area (Å²) >= 11 is 1.30. The average Bonchev–Trinajstić information content (AvgIpc) is 3.28. The van der Waals surface area contributed by atoms with Gasteiger partial charge < -0.3 is 20.8 Å². The second-order valence-electron chi connectivity index (χ2n) is 7.78. The molecule has 0 spiro atoms. The second-order valence-corrected chi connectivity index (χ2v) is 8.81. The quantitative estimate of drug-likeness (QED) is 0.391. The van der Waals surface area contributed by atoms with Gasteiger partial charge in [0.2, 0.25) is 12.4 Å². The Morgan fingerprint density at radius 2 is 1.85 bits per heavy atom. The van der Waals surface area contributed by atoms with Crippen LogP contribution in [-0.4, -0.2) is 62.6 Å². The van der Waals surface area contributed by atoms with E-state index in [0.29, 0.717) is 21.8 Å². The summed E-state index contributed by atoms with van der Waals surface area (Å²) in [5, 5.41) is 25.7. The first kappa shape index (κ1) is 23.5. The van der Waals surface area contributed by atoms with Crippen LogP contribution in [0.2, 0.25) is 0 Å². The Hall–Kier alpha value is -2.64. The Balaban J connectivity index is 1.74. The second kappa shape index (κ2) is 8.95. The number of rotatable bonds is 6. The lowest BCUT2D eigenvalue weighted by molar-refractivity contribution is -0.115. The Kier molecular flexibility index (Phi) is 6.38. The van der Waals surface area contributed by atoms with Crippen molar-refractivity contribution in [2.24, 2.45) is 5.92 Å². The van der Waals surface area contributed by atoms with Crippen molar-refractivity contribution in [2.75, 3.05) is 17.2 Å². The van der Waals surface area contributed by atoms with Gasteiger partial charge in [0, 0.05) is 0 Å². The summed E-state index contributed by atoms with van der Waals surface area (Å²) in [6.45, 7) is 0.194. The maximum atomic E-state index is 13.2. The number of hydrogen-bond acceptors (Lipinski definition) is 8. The third-order valence-electron chi connectivity index (χ3n) is 5.42. The van der Waals surface area contributed by atoms with E-state index in [1.165, 1.54) is 11.3 Å². The zero-order chi connectivity index (χ0) is 23.9. The smallest absolute Gasteiger partial charge is 0.390 e. The maximum absolute atomic E-state index is 13.2. The summed E-state index contributed by atoms with van der Waals surface area (Å²) < 4.78 is 65.3. The molecular formula is C20H20F5N5O2S. The number of thiazole rings is 1. The Morgan fingerprint density at radius 1 is 1.12 bits per heavy atom. The first-order valence-electron chi connectivity index (χ1n) is 9.99. The molecule has 4 atom stereocenters. The van der Waals surface area contributed by atoms with E-state index in [9.17, 15) is 32.2 Å². The minimum atomic E-state index is -4.51. The monoisotopic (exact) mass is 489 g/mol. The number of aryl methyl sites for hydroxylation is 1. The van der Waals surface area contributed by atoms with Crippen LogP contribution in [-0.2, 0) is 0 Å². The molecule has 1 aromatic carbocycles. The minimum Gasteiger partial charge on any atom is -0.390 e. The van der Waals surface area contributed by atoms with Crippen LogP contribution < -0.4 is 10.6 Å². The lowest BCUT2D eigenvalue weighted by Gasteiger charge is -2.21. The number of benzene rings is 1. The first-order valence-corrected chi connectivity index (χ1v) is 10.8. The number of nitrogens with zero attached hydrogens (tertiary/aromatic N) is 3. The number of aliphatic hydroxyl groups is 2. The van der Waals surface area contributed by atoms with Gasteiger partial charge in [-0.05, 0) is 25.5 Å². The van der Waals surface area contributed by atoms with Gasteiger partial charge in [-0.3, -0.25) is 0 Å². The number of aromatic nitrogens is 3. The lowest BCUT2D eigenvalue weighted by atomic mass is 10.1. The van der Waals surface area contributed by atoms with Crippen LogP contribution in [0.3, 0.4) is 0 Å². The topological polar surface area (TPSA) is 103 Å². The van der Waals surface area contributed by atoms with Crippen molar-refractivity contribution in [1.82, 2.24) is 15.0 Å². The molecule has 1 aliphatic carbocycles. The number of para-hydroxylation sites is 1. The average molecular weight is 489 g/mol. The van der Waals surface area contributed by atoms with Gasteiger partial charge in [0.1, 0.15) is 23.5 Å². The molecule has 0 radical (unpaired) electrons. The van der Waals surface area contributed by atoms with E-state index in [0.717, 1.165) is 4.70 Å². The SMILES string of the molecule is Cc1nc(NCC(F)(F)F)nc(N[C@@H]2C[C@H](C(F)F)[C@@H](O)[C@H]2O)c1-c1nc2ccccc2s1. The first-order chi connectivity index (χ1) is 15.5. The number of alkyl halides is 5. The van der Waals surface area contributed by atoms with Gasteiger partial charge in [-0.2, -0.15) is 18.2 Å². The largest absolute Gasteiger partial charge is 0.405 e. The summed E-state index contributed by atoms with van der Waals surface area (Å²) in [6.07, 6.45) is -10.8. The number of nitrogens with one attached hydrogen (secondary N) is 2. The molecule has 4 N–H and O–H groups in total. The van der Waals surface area contributed by atoms with Gasteiger partial charge in [0.25, 0.3) is 0 Å². The van der Waals surface area contributed by atoms with E-state index in [-0.39, 0.29) is 18.2 Å². The zero-order valence-electron chi connectivity index (χ0n) is 17.1. The summed E-state index contributed by atoms with van der Waals surface area (Å²) in [5.41, 5.74) is 1.36. The van der Waals surface area contributed by atoms with Crippen molar-refractivity contribution in [2.45, 2.75) is 44.2 Å². The van der Waals surface area contributed by atoms with Gasteiger partial charge in [-0.15, -0.1) is 11.3 Å². The van der Waals surface area contributed by atoms with E-state index in [1.54, 1.807) is 19.1 Å². The molecule has 0 unspecified atom stereocenters. The van der Waals surface area contributed by atoms with Crippen molar-refractivity contribution in [3.63, 3.8) is 0 Å². The zero-order valence-corrected chi connectivity index (χ0v) is 18.0. The van der Waals surface area contributed by atoms with Crippen molar-refractivity contribution >= 4 is 33.3 Å². The highest BCUT2D eigenvalue weighted by Crippen LogP contribution is 2.39. The highest BCUT2D eigenvalue weighted by Gasteiger charge is 2.46. The highest BCUT2D eigenvalue weighted by molar-refractivity contribution is 7.21. The van der Waals surface area contributed by atoms with Crippen LogP contribution in [0.5, 0.6) is 0 Å². The maximum Gasteiger partial charge on any atom is 0.405 e. The standard InChI is InChI=1S/C20H20F5N5O2S/c1-8-13(18-29-10-4-2-3-5-12(10)33-18)17(30-19(27-8)26-7-20(23,24)25)28-11-6-9(16(21)22)14(31)15(11)32/h2-5,9,11,14-16,31-32H,6-7H2,1H3,(H2,26,27,28,30)/t9-,11+,14+,15-/m0/s1. The van der Waals surface area contributed by atoms with E-state index in [4.69, 9.17) is 0 Å². The Morgan fingerprint density at radius 3 is 2.48 bits per heavy atom. The molecule has 1 aliphatic rings. The molecule has 0 saturated heterocycles. The molecule has 0 aliphatic heterocycles. The van der Waals surface area contributed by atoms with Crippen molar-refractivity contribution in [3.8, 4) is 10.6 Å². The number of anilines is 2. The number of fused-ring (bicyclic) bond motifs is 1. The molecule has 3 aromatic rings. The van der Waals surface area contributed by atoms with Gasteiger partial charge >= 0.3 is 6.18 Å². The van der Waals surface area contributed by atoms with Crippen LogP contribution in [0, 0.1) is 12.8 Å². The molecule has 13 heteroatoms. The molecule has 0 bridgehead atoms. The molecule has 2 aromatic heterocycles. The van der Waals surface area contributed by atoms with Crippen LogP contribution in [0.4, 0.5) is 33.7 Å². The third-order valence-corrected chi connectivity index (χ3v) is 6.47. The summed E-state index contributed by atoms with van der Waals surface area (Å²) in [7, 11) is 0. The van der Waals surface area contributed by atoms with E-state index in [2.05, 4.69) is 25.6 Å². The number of hydrogen-bond donors (Lipinski definition) is 4. The molecule has 2 heterocycles. The normalized spacial score (nSPS) is 23.4. The third kappa shape index (κ3) is 4.99. The molecular weight excluding hydrogens is 469 g/mol. The van der Waals surface area contributed by atoms with Gasteiger partial charge in [-0.1, -0.05) is 12.1 Å². The predicted octanol–water partition coefficient (Wildman–Crippen LogP) is 3.82. The minimum absolute atomic E-state index is 0.0254. The fourth-order valence-corrected chi connectivity index (χ4v) is 4.87. The molecule has 0 amide bonds. The number of halogens is 5. The predicted molar refractivity (Wildman–Crippen MR) is 113 cm³/mol. The van der Waals surface area contributed by atoms with Gasteiger partial charge in [0.15, 0.2) is 0 Å². The molecule has 1 saturated carbocycles. The fourth-order valence-electron chi connectivity index (χ4n) is 3.81. The van der Waals surface area contributed by atoms with E-state index in [1.807, 2.05) is 12.1 Å². The van der Waals surface area contributed by atoms with Crippen molar-refractivity contribution < 1.29 is 32.2 Å². The van der Waals surface area contributed by atoms with Crippen LogP contribution in [0.1, 0.15) is 12.1 Å². The van der Waals surface area contributed by atoms with E-state index < -0.39 is 43.3 Å². The van der Waals surface area contributed by atoms with Gasteiger partial charge in [-0.25, -0.2) is 18.7 Å². The summed E-state index contributed by atoms with van der Waals surface area (Å²) in [6, 6.07) is 6.28. The molecule has 33 heavy (non-hydrogen) atoms. The number of aliphatic hydroxyl groups excluding tert-OH is 2. The Bertz CT molecular complexity index is 1110. The lowest BCUT2D eigenvalue weighted by Crippen LogP contribution is -2.36. The van der Waals surface area contributed by atoms with Crippen molar-refractivity contribution in [3.05, 3.63) is 30.0 Å². The van der Waals surface area contributed by atoms with Gasteiger partial charge in [0.05, 0.1) is 39.5 Å². The van der Waals surface area contributed by atoms with Crippen LogP contribution in [0.25, 0.3) is 20.8 Å². The van der Waals surface area contributed by atoms with Crippen LogP contribution in [0.15, 0.2) is 24.3 Å². The summed E-state index contributed by atoms with van der Waals surface area (Å²) in [5.74, 6) is -1.75. The fraction of sp³-hybridized carbons (Fsp3) is 0.450. The molecule has 178 valence electrons. The molecule has 1 fully saturated rings. The molecule has 7 nitrogen and oxygen atoms in total. The molecule has 4 rings (SSSR count). The Labute approximate surface area is 188 Å². The van der Waals surface area contributed by atoms with Crippen LogP contribution >= 0.6 is 11.3 Å². The van der Waals surface area contributed by atoms with Crippen molar-refractivity contribution in [1.29, 1.82) is 0 Å². The summed E-state index contributed by atoms with van der Waals surface area (Å²) in [4.78, 5) is 12.8.